The molecule has 0 aliphatic heterocycles. The van der Waals surface area contributed by atoms with E-state index in [4.69, 9.17) is 6.42 Å². The third-order valence-corrected chi connectivity index (χ3v) is 4.00. The summed E-state index contributed by atoms with van der Waals surface area (Å²) < 4.78 is 1.95. The van der Waals surface area contributed by atoms with Crippen molar-refractivity contribution < 1.29 is 4.79 Å². The fraction of sp³-hybridized carbons (Fsp3) is 0.125. The molecule has 0 fully saturated rings. The van der Waals surface area contributed by atoms with Crippen molar-refractivity contribution >= 4 is 28.3 Å². The molecule has 2 heterocycles. The molecule has 1 N–H and O–H groups in total. The standard InChI is InChI=1S/C16H13N3OS/c1-2-9-19-13-7-4-3-6-12(13)18-15(19)11-17-16(20)14-8-5-10-21-14/h1,3-8,10H,9,11H2,(H,17,20). The lowest BCUT2D eigenvalue weighted by Crippen LogP contribution is -2.23. The molecule has 5 heteroatoms. The molecule has 0 bridgehead atoms. The second-order valence-electron chi connectivity index (χ2n) is 4.47. The Bertz CT molecular complexity index is 812. The number of hydrogen-bond acceptors (Lipinski definition) is 3. The van der Waals surface area contributed by atoms with Gasteiger partial charge in [0.15, 0.2) is 0 Å². The van der Waals surface area contributed by atoms with Gasteiger partial charge in [-0.15, -0.1) is 17.8 Å². The zero-order valence-corrected chi connectivity index (χ0v) is 12.1. The topological polar surface area (TPSA) is 46.9 Å². The molecule has 0 saturated carbocycles. The van der Waals surface area contributed by atoms with Gasteiger partial charge >= 0.3 is 0 Å². The molecule has 0 unspecified atom stereocenters. The molecule has 0 aliphatic carbocycles. The minimum absolute atomic E-state index is 0.0932. The highest BCUT2D eigenvalue weighted by Crippen LogP contribution is 2.16. The number of nitrogens with one attached hydrogen (secondary N) is 1. The summed E-state index contributed by atoms with van der Waals surface area (Å²) >= 11 is 1.41. The van der Waals surface area contributed by atoms with E-state index in [-0.39, 0.29) is 5.91 Å². The van der Waals surface area contributed by atoms with E-state index in [0.29, 0.717) is 18.0 Å². The Kier molecular flexibility index (Phi) is 3.71. The van der Waals surface area contributed by atoms with Crippen molar-refractivity contribution in [3.8, 4) is 12.3 Å². The van der Waals surface area contributed by atoms with Crippen molar-refractivity contribution in [3.05, 3.63) is 52.5 Å². The van der Waals surface area contributed by atoms with Crippen molar-refractivity contribution in [2.75, 3.05) is 0 Å². The predicted molar refractivity (Wildman–Crippen MR) is 84.1 cm³/mol. The summed E-state index contributed by atoms with van der Waals surface area (Å²) in [5.74, 6) is 3.30. The maximum atomic E-state index is 12.0. The zero-order valence-electron chi connectivity index (χ0n) is 11.2. The van der Waals surface area contributed by atoms with Gasteiger partial charge in [-0.2, -0.15) is 0 Å². The molecule has 1 amide bonds. The number of nitrogens with zero attached hydrogens (tertiary/aromatic N) is 2. The van der Waals surface area contributed by atoms with E-state index >= 15 is 0 Å². The quantitative estimate of drug-likeness (QED) is 0.752. The van der Waals surface area contributed by atoms with E-state index in [0.717, 1.165) is 16.9 Å². The molecule has 0 atom stereocenters. The Morgan fingerprint density at radius 3 is 2.95 bits per heavy atom. The second-order valence-corrected chi connectivity index (χ2v) is 5.41. The first-order valence-corrected chi connectivity index (χ1v) is 7.37. The van der Waals surface area contributed by atoms with E-state index in [1.807, 2.05) is 40.3 Å². The highest BCUT2D eigenvalue weighted by atomic mass is 32.1. The van der Waals surface area contributed by atoms with Crippen molar-refractivity contribution in [1.82, 2.24) is 14.9 Å². The molecule has 104 valence electrons. The lowest BCUT2D eigenvalue weighted by Gasteiger charge is -2.06. The Hall–Kier alpha value is -2.58. The second kappa shape index (κ2) is 5.81. The van der Waals surface area contributed by atoms with Gasteiger partial charge in [-0.25, -0.2) is 4.98 Å². The smallest absolute Gasteiger partial charge is 0.261 e. The number of fused-ring (bicyclic) bond motifs is 1. The first-order chi connectivity index (χ1) is 10.3. The monoisotopic (exact) mass is 295 g/mol. The molecule has 0 aliphatic rings. The van der Waals surface area contributed by atoms with Gasteiger partial charge in [0.1, 0.15) is 5.82 Å². The maximum Gasteiger partial charge on any atom is 0.261 e. The van der Waals surface area contributed by atoms with Crippen molar-refractivity contribution in [3.63, 3.8) is 0 Å². The molecular weight excluding hydrogens is 282 g/mol. The Balaban J connectivity index is 1.85. The van der Waals surface area contributed by atoms with E-state index in [1.54, 1.807) is 6.07 Å². The maximum absolute atomic E-state index is 12.0. The van der Waals surface area contributed by atoms with Crippen LogP contribution in [0, 0.1) is 12.3 Å². The number of carbonyl (C=O) groups excluding carboxylic acids is 1. The van der Waals surface area contributed by atoms with Crippen LogP contribution in [0.15, 0.2) is 41.8 Å². The average Bonchev–Trinajstić information content (AvgIpc) is 3.14. The number of amides is 1. The average molecular weight is 295 g/mol. The van der Waals surface area contributed by atoms with Crippen LogP contribution in [-0.4, -0.2) is 15.5 Å². The fourth-order valence-electron chi connectivity index (χ4n) is 2.18. The van der Waals surface area contributed by atoms with E-state index in [1.165, 1.54) is 11.3 Å². The van der Waals surface area contributed by atoms with Gasteiger partial charge < -0.3 is 9.88 Å². The van der Waals surface area contributed by atoms with E-state index in [9.17, 15) is 4.79 Å². The van der Waals surface area contributed by atoms with Gasteiger partial charge in [0.25, 0.3) is 5.91 Å². The normalized spacial score (nSPS) is 10.4. The molecule has 0 spiro atoms. The first-order valence-electron chi connectivity index (χ1n) is 6.49. The minimum Gasteiger partial charge on any atom is -0.344 e. The van der Waals surface area contributed by atoms with Crippen molar-refractivity contribution in [2.24, 2.45) is 0 Å². The van der Waals surface area contributed by atoms with Gasteiger partial charge in [-0.3, -0.25) is 4.79 Å². The molecule has 4 nitrogen and oxygen atoms in total. The lowest BCUT2D eigenvalue weighted by atomic mass is 10.3. The number of thiophene rings is 1. The lowest BCUT2D eigenvalue weighted by molar-refractivity contribution is 0.0953. The molecule has 2 aromatic heterocycles. The van der Waals surface area contributed by atoms with Crippen LogP contribution in [0.2, 0.25) is 0 Å². The van der Waals surface area contributed by atoms with E-state index < -0.39 is 0 Å². The molecule has 3 aromatic rings. The van der Waals surface area contributed by atoms with Crippen molar-refractivity contribution in [1.29, 1.82) is 0 Å². The highest BCUT2D eigenvalue weighted by molar-refractivity contribution is 7.12. The number of para-hydroxylation sites is 2. The first kappa shape index (κ1) is 13.4. The number of imidazole rings is 1. The van der Waals surface area contributed by atoms with E-state index in [2.05, 4.69) is 16.2 Å². The highest BCUT2D eigenvalue weighted by Gasteiger charge is 2.12. The van der Waals surface area contributed by atoms with Crippen LogP contribution in [0.1, 0.15) is 15.5 Å². The van der Waals surface area contributed by atoms with Crippen LogP contribution in [0.4, 0.5) is 0 Å². The summed E-state index contributed by atoms with van der Waals surface area (Å²) in [5.41, 5.74) is 1.86. The van der Waals surface area contributed by atoms with Gasteiger partial charge in [-0.05, 0) is 23.6 Å². The molecule has 0 saturated heterocycles. The Morgan fingerprint density at radius 2 is 2.19 bits per heavy atom. The largest absolute Gasteiger partial charge is 0.344 e. The van der Waals surface area contributed by atoms with Gasteiger partial charge in [0.05, 0.1) is 29.0 Å². The number of rotatable bonds is 4. The molecule has 0 radical (unpaired) electrons. The summed E-state index contributed by atoms with van der Waals surface area (Å²) in [5, 5.41) is 4.76. The van der Waals surface area contributed by atoms with Gasteiger partial charge in [-0.1, -0.05) is 24.1 Å². The van der Waals surface area contributed by atoms with Gasteiger partial charge in [0, 0.05) is 0 Å². The zero-order chi connectivity index (χ0) is 14.7. The molecule has 21 heavy (non-hydrogen) atoms. The summed E-state index contributed by atoms with van der Waals surface area (Å²) in [7, 11) is 0. The third-order valence-electron chi connectivity index (χ3n) is 3.14. The summed E-state index contributed by atoms with van der Waals surface area (Å²) in [6, 6.07) is 11.4. The summed E-state index contributed by atoms with van der Waals surface area (Å²) in [4.78, 5) is 17.2. The molecule has 3 rings (SSSR count). The molecule has 1 aromatic carbocycles. The van der Waals surface area contributed by atoms with Crippen LogP contribution in [0.5, 0.6) is 0 Å². The number of aromatic nitrogens is 2. The number of terminal acetylenes is 1. The molecular formula is C16H13N3OS. The minimum atomic E-state index is -0.0932. The van der Waals surface area contributed by atoms with Gasteiger partial charge in [0.2, 0.25) is 0 Å². The van der Waals surface area contributed by atoms with Crippen LogP contribution in [0.25, 0.3) is 11.0 Å². The number of carbonyl (C=O) groups is 1. The van der Waals surface area contributed by atoms with Crippen molar-refractivity contribution in [2.45, 2.75) is 13.1 Å². The van der Waals surface area contributed by atoms with Crippen LogP contribution < -0.4 is 5.32 Å². The number of benzene rings is 1. The summed E-state index contributed by atoms with van der Waals surface area (Å²) in [6.07, 6.45) is 5.43. The Morgan fingerprint density at radius 1 is 1.33 bits per heavy atom. The van der Waals surface area contributed by atoms with Crippen LogP contribution in [0.3, 0.4) is 0 Å². The van der Waals surface area contributed by atoms with Crippen LogP contribution >= 0.6 is 11.3 Å². The SMILES string of the molecule is C#CCn1c(CNC(=O)c2cccs2)nc2ccccc21. The number of hydrogen-bond donors (Lipinski definition) is 1. The predicted octanol–water partition coefficient (Wildman–Crippen LogP) is 2.66. The Labute approximate surface area is 126 Å². The fourth-order valence-corrected chi connectivity index (χ4v) is 2.82. The van der Waals surface area contributed by atoms with Crippen LogP contribution in [-0.2, 0) is 13.1 Å². The third kappa shape index (κ3) is 2.67. The summed E-state index contributed by atoms with van der Waals surface area (Å²) in [6.45, 7) is 0.789.